The first-order valence-electron chi connectivity index (χ1n) is 20.7. The van der Waals surface area contributed by atoms with Crippen molar-refractivity contribution in [3.05, 3.63) is 33.1 Å². The maximum Gasteiger partial charge on any atom is 0.483 e. The maximum absolute atomic E-state index is 13.2. The number of phosphoric ester groups is 2. The molecule has 3 heterocycles. The van der Waals surface area contributed by atoms with E-state index in [1.807, 2.05) is 4.98 Å². The van der Waals surface area contributed by atoms with Crippen LogP contribution in [-0.4, -0.2) is 189 Å². The van der Waals surface area contributed by atoms with E-state index in [0.29, 0.717) is 4.57 Å². The number of hydrogen-bond donors (Lipinski definition) is 15. The predicted molar refractivity (Wildman–Crippen MR) is 224 cm³/mol. The smallest absolute Gasteiger partial charge is 0.480 e. The minimum atomic E-state index is -5.94. The Morgan fingerprint density at radius 1 is 0.843 bits per heavy atom. The Labute approximate surface area is 393 Å². The number of ether oxygens (including phenoxy) is 3. The minimum Gasteiger partial charge on any atom is -0.480 e. The molecule has 2 fully saturated rings. The Kier molecular flexibility index (Phi) is 21.9. The monoisotopic (exact) mass is 1050 g/mol. The van der Waals surface area contributed by atoms with Gasteiger partial charge in [0, 0.05) is 25.6 Å². The largest absolute Gasteiger partial charge is 0.483 e. The standard InChI is InChI=1S/C35H55N7O26P2/c1-13(28(50)40-18(33(56)57)7-8-21(45)39-17(32(54)55)6-4-5-16(36)31(52)53)37-29(51)14(2)64-27-23(38-15(3)44)34(66-19(11-43)25(27)48)67-70(61,62)68-69(59,60)63-12-20-24(47)26(49)30(65-20)42-10-9-22(46)41-35(42)58/h9-10,13-14,16-20,23-27,30,34,43,47-49H,4-8,11-12,36H2,1-3H3,(H,37,51)(H,38,44)(H,39,45)(H,40,50)(H,52,53)(H,54,55)(H,56,57)(H,59,60)(H,61,62)(H,41,46,58)/t13-,14+,16?,17?,18+,19+,20+,23+,24+,25+,26+,27+,30+,34-/m0/s1. The molecule has 3 rings (SSSR count). The first-order chi connectivity index (χ1) is 32.5. The van der Waals surface area contributed by atoms with Crippen LogP contribution in [0.1, 0.15) is 59.1 Å². The number of aromatic amines is 1. The number of hydrogen-bond acceptors (Lipinski definition) is 22. The topological polar surface area (TPSA) is 520 Å². The molecular formula is C35H55N7O26P2. The van der Waals surface area contributed by atoms with Crippen LogP contribution < -0.4 is 38.2 Å². The highest BCUT2D eigenvalue weighted by atomic mass is 31.3. The van der Waals surface area contributed by atoms with Crippen LogP contribution in [0.4, 0.5) is 0 Å². The number of aliphatic carboxylic acids is 3. The molecule has 0 aliphatic carbocycles. The van der Waals surface area contributed by atoms with Crippen molar-refractivity contribution in [3.63, 3.8) is 0 Å². The summed E-state index contributed by atoms with van der Waals surface area (Å²) in [4.78, 5) is 132. The molecule has 16 atom stereocenters. The second kappa shape index (κ2) is 25.9. The molecule has 2 aliphatic rings. The molecule has 0 aromatic carbocycles. The summed E-state index contributed by atoms with van der Waals surface area (Å²) in [5, 5.41) is 78.4. The van der Waals surface area contributed by atoms with Gasteiger partial charge in [0.1, 0.15) is 72.9 Å². The van der Waals surface area contributed by atoms with Gasteiger partial charge in [-0.25, -0.2) is 23.5 Å². The number of nitrogens with one attached hydrogen (secondary N) is 5. The van der Waals surface area contributed by atoms with Crippen molar-refractivity contribution in [2.24, 2.45) is 5.73 Å². The fourth-order valence-corrected chi connectivity index (χ4v) is 8.78. The van der Waals surface area contributed by atoms with Gasteiger partial charge in [-0.05, 0) is 39.5 Å². The third-order valence-electron chi connectivity index (χ3n) is 10.2. The third kappa shape index (κ3) is 17.3. The highest BCUT2D eigenvalue weighted by molar-refractivity contribution is 7.61. The lowest BCUT2D eigenvalue weighted by Crippen LogP contribution is -2.66. The molecule has 1 aromatic heterocycles. The summed E-state index contributed by atoms with van der Waals surface area (Å²) in [6.45, 7) is 0.794. The summed E-state index contributed by atoms with van der Waals surface area (Å²) in [5.74, 6) is -8.57. The van der Waals surface area contributed by atoms with Crippen molar-refractivity contribution >= 4 is 57.2 Å². The second-order valence-corrected chi connectivity index (χ2v) is 18.7. The molecule has 2 aliphatic heterocycles. The normalized spacial score (nSPS) is 27.3. The lowest BCUT2D eigenvalue weighted by molar-refractivity contribution is -0.261. The zero-order chi connectivity index (χ0) is 53.0. The van der Waals surface area contributed by atoms with E-state index in [1.54, 1.807) is 0 Å². The Hall–Kier alpha value is -5.09. The number of carboxylic acids is 3. The van der Waals surface area contributed by atoms with Gasteiger partial charge in [0.05, 0.1) is 13.2 Å². The number of carboxylic acid groups (broad SMARTS) is 3. The fraction of sp³-hybridized carbons (Fsp3) is 0.686. The zero-order valence-electron chi connectivity index (χ0n) is 37.1. The van der Waals surface area contributed by atoms with Gasteiger partial charge in [0.2, 0.25) is 23.6 Å². The van der Waals surface area contributed by atoms with E-state index >= 15 is 0 Å². The molecule has 0 bridgehead atoms. The van der Waals surface area contributed by atoms with E-state index in [9.17, 15) is 92.7 Å². The second-order valence-electron chi connectivity index (χ2n) is 15.7. The predicted octanol–water partition coefficient (Wildman–Crippen LogP) is -6.23. The quantitative estimate of drug-likeness (QED) is 0.0365. The number of rotatable bonds is 27. The molecule has 1 aromatic rings. The highest BCUT2D eigenvalue weighted by Crippen LogP contribution is 2.61. The van der Waals surface area contributed by atoms with E-state index in [4.69, 9.17) is 29.6 Å². The summed E-state index contributed by atoms with van der Waals surface area (Å²) < 4.78 is 56.8. The first-order valence-corrected chi connectivity index (χ1v) is 23.7. The summed E-state index contributed by atoms with van der Waals surface area (Å²) in [6.07, 6.45) is -17.6. The van der Waals surface area contributed by atoms with Gasteiger partial charge in [-0.3, -0.25) is 47.4 Å². The number of carbonyl (C=O) groups excluding carboxylic acids is 4. The van der Waals surface area contributed by atoms with Gasteiger partial charge < -0.3 is 86.7 Å². The average Bonchev–Trinajstić information content (AvgIpc) is 3.53. The van der Waals surface area contributed by atoms with Crippen molar-refractivity contribution in [2.45, 2.75) is 138 Å². The highest BCUT2D eigenvalue weighted by Gasteiger charge is 2.52. The lowest BCUT2D eigenvalue weighted by atomic mass is 9.96. The van der Waals surface area contributed by atoms with Crippen molar-refractivity contribution in [3.8, 4) is 0 Å². The summed E-state index contributed by atoms with van der Waals surface area (Å²) >= 11 is 0. The van der Waals surface area contributed by atoms with E-state index in [-0.39, 0.29) is 19.3 Å². The zero-order valence-corrected chi connectivity index (χ0v) is 38.9. The number of carbonyl (C=O) groups is 7. The van der Waals surface area contributed by atoms with Gasteiger partial charge >= 0.3 is 39.2 Å². The van der Waals surface area contributed by atoms with Gasteiger partial charge in [0.25, 0.3) is 5.56 Å². The Morgan fingerprint density at radius 3 is 2.04 bits per heavy atom. The fourth-order valence-electron chi connectivity index (χ4n) is 6.62. The molecule has 396 valence electrons. The SMILES string of the molecule is CC(=O)N[C@H]1[C@H](OP(=O)(O)OP(=O)(O)OC[C@H]2O[C@@H](n3ccc(=O)[nH]c3=O)[C@H](O)[C@@H]2O)O[C@H](CO)[C@@H](O)[C@@H]1O[C@H](C)C(=O)N[C@@H](C)C(=O)N[C@H](CCC(=O)NC(CCCC(N)C(=O)O)C(=O)O)C(=O)O. The van der Waals surface area contributed by atoms with E-state index < -0.39 is 180 Å². The van der Waals surface area contributed by atoms with Crippen LogP contribution in [0.3, 0.4) is 0 Å². The van der Waals surface area contributed by atoms with Crippen molar-refractivity contribution in [1.82, 2.24) is 30.8 Å². The lowest BCUT2D eigenvalue weighted by Gasteiger charge is -2.44. The molecule has 0 spiro atoms. The first kappa shape index (κ1) is 59.2. The van der Waals surface area contributed by atoms with Crippen LogP contribution in [0.2, 0.25) is 0 Å². The molecular weight excluding hydrogens is 996 g/mol. The van der Waals surface area contributed by atoms with E-state index in [1.165, 1.54) is 0 Å². The number of phosphoric acid groups is 2. The van der Waals surface area contributed by atoms with Crippen LogP contribution in [-0.2, 0) is 70.3 Å². The molecule has 70 heavy (non-hydrogen) atoms. The molecule has 16 N–H and O–H groups in total. The van der Waals surface area contributed by atoms with Crippen LogP contribution in [0.15, 0.2) is 21.9 Å². The Morgan fingerprint density at radius 2 is 1.47 bits per heavy atom. The summed E-state index contributed by atoms with van der Waals surface area (Å²) in [6, 6.07) is -7.11. The van der Waals surface area contributed by atoms with Crippen LogP contribution >= 0.6 is 15.6 Å². The Balaban J connectivity index is 1.64. The number of nitrogens with zero attached hydrogens (tertiary/aromatic N) is 1. The van der Waals surface area contributed by atoms with E-state index in [2.05, 4.69) is 30.1 Å². The molecule has 4 unspecified atom stereocenters. The van der Waals surface area contributed by atoms with Gasteiger partial charge in [-0.15, -0.1) is 0 Å². The van der Waals surface area contributed by atoms with Crippen molar-refractivity contribution < 1.29 is 116 Å². The number of nitrogens with two attached hydrogens (primary N) is 1. The van der Waals surface area contributed by atoms with Crippen LogP contribution in [0.25, 0.3) is 0 Å². The molecule has 0 saturated carbocycles. The molecule has 35 heteroatoms. The van der Waals surface area contributed by atoms with E-state index in [0.717, 1.165) is 33.0 Å². The van der Waals surface area contributed by atoms with Crippen LogP contribution in [0, 0.1) is 0 Å². The number of aliphatic hydroxyl groups is 4. The number of amides is 4. The molecule has 2 saturated heterocycles. The average molecular weight is 1050 g/mol. The number of H-pyrrole nitrogens is 1. The third-order valence-corrected chi connectivity index (χ3v) is 12.8. The van der Waals surface area contributed by atoms with Gasteiger partial charge in [-0.1, -0.05) is 0 Å². The van der Waals surface area contributed by atoms with Gasteiger partial charge in [0.15, 0.2) is 12.5 Å². The molecule has 4 amide bonds. The summed E-state index contributed by atoms with van der Waals surface area (Å²) in [5.41, 5.74) is 3.51. The number of aromatic nitrogens is 2. The maximum atomic E-state index is 13.2. The molecule has 0 radical (unpaired) electrons. The van der Waals surface area contributed by atoms with Crippen molar-refractivity contribution in [1.29, 1.82) is 0 Å². The van der Waals surface area contributed by atoms with Crippen LogP contribution in [0.5, 0.6) is 0 Å². The molecule has 33 nitrogen and oxygen atoms in total. The Bertz CT molecular complexity index is 2270. The minimum absolute atomic E-state index is 0.00343. The summed E-state index contributed by atoms with van der Waals surface area (Å²) in [7, 11) is -11.7. The number of aliphatic hydroxyl groups excluding tert-OH is 4. The van der Waals surface area contributed by atoms with Gasteiger partial charge in [-0.2, -0.15) is 4.31 Å². The van der Waals surface area contributed by atoms with Crippen molar-refractivity contribution in [2.75, 3.05) is 13.2 Å².